The van der Waals surface area contributed by atoms with Gasteiger partial charge in [-0.25, -0.2) is 9.97 Å². The summed E-state index contributed by atoms with van der Waals surface area (Å²) < 4.78 is 5.58. The SMILES string of the molecule is CCN(C)C(=O)[C@H]1CCc2c(sc3ncnc(Nc4cc5cn[nH]c5cc4OC)c23)C1. The van der Waals surface area contributed by atoms with Gasteiger partial charge in [-0.1, -0.05) is 0 Å². The molecule has 1 atom stereocenters. The van der Waals surface area contributed by atoms with Crippen molar-refractivity contribution < 1.29 is 9.53 Å². The second kappa shape index (κ2) is 7.81. The molecule has 1 aliphatic carbocycles. The van der Waals surface area contributed by atoms with Crippen molar-refractivity contribution in [3.05, 3.63) is 35.1 Å². The van der Waals surface area contributed by atoms with Crippen molar-refractivity contribution in [2.75, 3.05) is 26.0 Å². The maximum atomic E-state index is 12.7. The van der Waals surface area contributed by atoms with Crippen molar-refractivity contribution in [2.45, 2.75) is 26.2 Å². The lowest BCUT2D eigenvalue weighted by Crippen LogP contribution is -2.35. The van der Waals surface area contributed by atoms with E-state index in [2.05, 4.69) is 25.5 Å². The molecular formula is C22H24N6O2S. The van der Waals surface area contributed by atoms with Crippen molar-refractivity contribution >= 4 is 49.9 Å². The zero-order valence-corrected chi connectivity index (χ0v) is 18.5. The van der Waals surface area contributed by atoms with Gasteiger partial charge in [0, 0.05) is 35.8 Å². The quantitative estimate of drug-likeness (QED) is 0.493. The highest BCUT2D eigenvalue weighted by molar-refractivity contribution is 7.19. The Morgan fingerprint density at radius 1 is 1.39 bits per heavy atom. The molecule has 0 aliphatic heterocycles. The first-order chi connectivity index (χ1) is 15.1. The van der Waals surface area contributed by atoms with Crippen LogP contribution in [0.25, 0.3) is 21.1 Å². The maximum Gasteiger partial charge on any atom is 0.225 e. The highest BCUT2D eigenvalue weighted by Gasteiger charge is 2.30. The van der Waals surface area contributed by atoms with Gasteiger partial charge < -0.3 is 15.0 Å². The third-order valence-electron chi connectivity index (χ3n) is 6.06. The molecule has 0 unspecified atom stereocenters. The Bertz CT molecular complexity index is 1280. The number of amides is 1. The maximum absolute atomic E-state index is 12.7. The summed E-state index contributed by atoms with van der Waals surface area (Å²) in [5, 5.41) is 12.6. The molecule has 4 aromatic rings. The fraction of sp³-hybridized carbons (Fsp3) is 0.364. The molecule has 2 N–H and O–H groups in total. The molecule has 5 rings (SSSR count). The van der Waals surface area contributed by atoms with Crippen molar-refractivity contribution in [3.8, 4) is 5.75 Å². The number of benzene rings is 1. The number of H-pyrrole nitrogens is 1. The first-order valence-corrected chi connectivity index (χ1v) is 11.2. The number of carbonyl (C=O) groups excluding carboxylic acids is 1. The van der Waals surface area contributed by atoms with Gasteiger partial charge in [0.05, 0.1) is 29.9 Å². The molecule has 3 aromatic heterocycles. The van der Waals surface area contributed by atoms with E-state index in [0.717, 1.165) is 58.4 Å². The average molecular weight is 437 g/mol. The smallest absolute Gasteiger partial charge is 0.225 e. The van der Waals surface area contributed by atoms with Crippen LogP contribution in [0.2, 0.25) is 0 Å². The van der Waals surface area contributed by atoms with E-state index >= 15 is 0 Å². The number of nitrogens with zero attached hydrogens (tertiary/aromatic N) is 4. The Hall–Kier alpha value is -3.20. The summed E-state index contributed by atoms with van der Waals surface area (Å²) in [5.74, 6) is 1.74. The molecule has 31 heavy (non-hydrogen) atoms. The van der Waals surface area contributed by atoms with E-state index in [1.165, 1.54) is 10.4 Å². The zero-order chi connectivity index (χ0) is 21.5. The summed E-state index contributed by atoms with van der Waals surface area (Å²) in [6, 6.07) is 3.92. The van der Waals surface area contributed by atoms with E-state index in [1.807, 2.05) is 31.0 Å². The minimum absolute atomic E-state index is 0.0403. The van der Waals surface area contributed by atoms with Gasteiger partial charge in [-0.05, 0) is 37.8 Å². The lowest BCUT2D eigenvalue weighted by Gasteiger charge is -2.26. The van der Waals surface area contributed by atoms with Crippen molar-refractivity contribution in [3.63, 3.8) is 0 Å². The fourth-order valence-corrected chi connectivity index (χ4v) is 5.52. The molecule has 0 fully saturated rings. The molecular weight excluding hydrogens is 412 g/mol. The molecule has 1 amide bonds. The van der Waals surface area contributed by atoms with Gasteiger partial charge in [0.2, 0.25) is 5.91 Å². The van der Waals surface area contributed by atoms with E-state index in [-0.39, 0.29) is 11.8 Å². The van der Waals surface area contributed by atoms with E-state index in [1.54, 1.807) is 31.0 Å². The zero-order valence-electron chi connectivity index (χ0n) is 17.7. The summed E-state index contributed by atoms with van der Waals surface area (Å²) >= 11 is 1.67. The Morgan fingerprint density at radius 3 is 3.06 bits per heavy atom. The molecule has 0 saturated carbocycles. The molecule has 1 aromatic carbocycles. The van der Waals surface area contributed by atoms with Crippen LogP contribution in [0.5, 0.6) is 5.75 Å². The minimum atomic E-state index is 0.0403. The standard InChI is InChI=1S/C22H24N6O2S/c1-4-28(2)22(29)12-5-6-14-18(8-12)31-21-19(14)20(23-11-24-21)26-16-7-13-10-25-27-15(13)9-17(16)30-3/h7,9-12H,4-6,8H2,1-3H3,(H,25,27)(H,23,24,26)/t12-/m0/s1. The van der Waals surface area contributed by atoms with Gasteiger partial charge in [-0.2, -0.15) is 5.10 Å². The summed E-state index contributed by atoms with van der Waals surface area (Å²) in [4.78, 5) is 25.8. The van der Waals surface area contributed by atoms with Crippen molar-refractivity contribution in [1.82, 2.24) is 25.1 Å². The Kier molecular flexibility index (Phi) is 4.97. The molecule has 0 saturated heterocycles. The highest BCUT2D eigenvalue weighted by Crippen LogP contribution is 2.41. The number of hydrogen-bond donors (Lipinski definition) is 2. The monoisotopic (exact) mass is 436 g/mol. The Labute approximate surface area is 183 Å². The van der Waals surface area contributed by atoms with Crippen LogP contribution in [0.3, 0.4) is 0 Å². The number of rotatable bonds is 5. The van der Waals surface area contributed by atoms with Gasteiger partial charge in [0.1, 0.15) is 22.7 Å². The molecule has 1 aliphatic rings. The predicted molar refractivity (Wildman–Crippen MR) is 122 cm³/mol. The number of fused-ring (bicyclic) bond motifs is 4. The summed E-state index contributed by atoms with van der Waals surface area (Å²) in [5.41, 5.74) is 3.00. The second-order valence-electron chi connectivity index (χ2n) is 7.83. The van der Waals surface area contributed by atoms with Crippen LogP contribution in [-0.4, -0.2) is 51.7 Å². The average Bonchev–Trinajstić information content (AvgIpc) is 3.40. The van der Waals surface area contributed by atoms with Crippen LogP contribution in [0, 0.1) is 5.92 Å². The van der Waals surface area contributed by atoms with E-state index in [4.69, 9.17) is 4.74 Å². The number of anilines is 2. The summed E-state index contributed by atoms with van der Waals surface area (Å²) in [6.07, 6.45) is 5.84. The van der Waals surface area contributed by atoms with Crippen LogP contribution in [0.1, 0.15) is 23.8 Å². The van der Waals surface area contributed by atoms with Gasteiger partial charge in [-0.3, -0.25) is 9.89 Å². The van der Waals surface area contributed by atoms with Crippen LogP contribution >= 0.6 is 11.3 Å². The van der Waals surface area contributed by atoms with E-state index in [0.29, 0.717) is 5.75 Å². The fourth-order valence-electron chi connectivity index (χ4n) is 4.25. The highest BCUT2D eigenvalue weighted by atomic mass is 32.1. The van der Waals surface area contributed by atoms with Gasteiger partial charge in [-0.15, -0.1) is 11.3 Å². The molecule has 3 heterocycles. The van der Waals surface area contributed by atoms with E-state index in [9.17, 15) is 4.79 Å². The first-order valence-electron chi connectivity index (χ1n) is 10.4. The molecule has 0 radical (unpaired) electrons. The number of hydrogen-bond acceptors (Lipinski definition) is 7. The summed E-state index contributed by atoms with van der Waals surface area (Å²) in [7, 11) is 3.52. The largest absolute Gasteiger partial charge is 0.494 e. The molecule has 8 nitrogen and oxygen atoms in total. The normalized spacial score (nSPS) is 15.8. The van der Waals surface area contributed by atoms with Gasteiger partial charge in [0.25, 0.3) is 0 Å². The van der Waals surface area contributed by atoms with Crippen LogP contribution in [0.4, 0.5) is 11.5 Å². The minimum Gasteiger partial charge on any atom is -0.494 e. The number of aryl methyl sites for hydroxylation is 1. The Balaban J connectivity index is 1.52. The van der Waals surface area contributed by atoms with Crippen LogP contribution < -0.4 is 10.1 Å². The number of aromatic amines is 1. The molecule has 9 heteroatoms. The molecule has 0 spiro atoms. The topological polar surface area (TPSA) is 96.0 Å². The Morgan fingerprint density at radius 2 is 2.26 bits per heavy atom. The van der Waals surface area contributed by atoms with Crippen molar-refractivity contribution in [2.24, 2.45) is 5.92 Å². The van der Waals surface area contributed by atoms with Crippen LogP contribution in [0.15, 0.2) is 24.7 Å². The lowest BCUT2D eigenvalue weighted by atomic mass is 9.87. The number of thiophene rings is 1. The number of carbonyl (C=O) groups is 1. The predicted octanol–water partition coefficient (Wildman–Crippen LogP) is 3.90. The molecule has 0 bridgehead atoms. The van der Waals surface area contributed by atoms with Gasteiger partial charge >= 0.3 is 0 Å². The third-order valence-corrected chi connectivity index (χ3v) is 7.22. The molecule has 160 valence electrons. The third kappa shape index (κ3) is 3.38. The van der Waals surface area contributed by atoms with Gasteiger partial charge in [0.15, 0.2) is 0 Å². The number of ether oxygens (including phenoxy) is 1. The number of nitrogens with one attached hydrogen (secondary N) is 2. The second-order valence-corrected chi connectivity index (χ2v) is 8.92. The first kappa shape index (κ1) is 19.7. The van der Waals surface area contributed by atoms with Crippen molar-refractivity contribution in [1.29, 1.82) is 0 Å². The summed E-state index contributed by atoms with van der Waals surface area (Å²) in [6.45, 7) is 2.74. The number of methoxy groups -OCH3 is 1. The lowest BCUT2D eigenvalue weighted by molar-refractivity contribution is -0.134. The van der Waals surface area contributed by atoms with Crippen LogP contribution in [-0.2, 0) is 17.6 Å². The number of aromatic nitrogens is 4. The van der Waals surface area contributed by atoms with E-state index < -0.39 is 0 Å².